The predicted molar refractivity (Wildman–Crippen MR) is 139 cm³/mol. The highest BCUT2D eigenvalue weighted by atomic mass is 16.5. The SMILES string of the molecule is COc1cccc(C#Cc2cnc3c(c2)C(=O)N([C@@H](C)CO)C[C@@H](C)[C@H](CN(C)C(=O)C2CCC2)O3)c1. The highest BCUT2D eigenvalue weighted by molar-refractivity contribution is 5.97. The molecule has 2 amide bonds. The van der Waals surface area contributed by atoms with E-state index in [0.29, 0.717) is 30.0 Å². The van der Waals surface area contributed by atoms with Gasteiger partial charge in [0, 0.05) is 42.8 Å². The molecule has 2 aliphatic rings. The molecule has 1 fully saturated rings. The largest absolute Gasteiger partial charge is 0.497 e. The van der Waals surface area contributed by atoms with Crippen LogP contribution in [0, 0.1) is 23.7 Å². The van der Waals surface area contributed by atoms with Crippen LogP contribution >= 0.6 is 0 Å². The number of benzene rings is 1. The quantitative estimate of drug-likeness (QED) is 0.607. The molecule has 0 spiro atoms. The maximum atomic E-state index is 13.6. The second kappa shape index (κ2) is 11.7. The van der Waals surface area contributed by atoms with Crippen LogP contribution in [0.25, 0.3) is 0 Å². The van der Waals surface area contributed by atoms with Crippen molar-refractivity contribution in [2.24, 2.45) is 11.8 Å². The fraction of sp³-hybridized carbons (Fsp3) is 0.483. The fourth-order valence-corrected chi connectivity index (χ4v) is 4.56. The van der Waals surface area contributed by atoms with Gasteiger partial charge in [-0.1, -0.05) is 31.3 Å². The molecule has 0 bridgehead atoms. The molecule has 1 aromatic carbocycles. The summed E-state index contributed by atoms with van der Waals surface area (Å²) in [4.78, 5) is 34.2. The summed E-state index contributed by atoms with van der Waals surface area (Å²) >= 11 is 0. The Hall–Kier alpha value is -3.57. The number of fused-ring (bicyclic) bond motifs is 1. The standard InChI is InChI=1S/C29H35N3O5/c1-19-16-32(20(2)18-33)29(35)25-14-22(12-11-21-7-5-10-24(13-21)36-4)15-30-27(25)37-26(19)17-31(3)28(34)23-8-6-9-23/h5,7,10,13-15,19-20,23,26,33H,6,8-9,16-18H2,1-4H3/t19-,20+,26+/m1/s1. The zero-order valence-corrected chi connectivity index (χ0v) is 21.9. The van der Waals surface area contributed by atoms with Gasteiger partial charge in [-0.25, -0.2) is 4.98 Å². The van der Waals surface area contributed by atoms with Crippen molar-refractivity contribution < 1.29 is 24.2 Å². The number of hydrogen-bond acceptors (Lipinski definition) is 6. The summed E-state index contributed by atoms with van der Waals surface area (Å²) in [7, 11) is 3.41. The second-order valence-electron chi connectivity index (χ2n) is 10.0. The monoisotopic (exact) mass is 505 g/mol. The van der Waals surface area contributed by atoms with Gasteiger partial charge in [-0.2, -0.15) is 0 Å². The van der Waals surface area contributed by atoms with Gasteiger partial charge in [-0.3, -0.25) is 9.59 Å². The van der Waals surface area contributed by atoms with Crippen molar-refractivity contribution in [1.29, 1.82) is 0 Å². The molecule has 0 unspecified atom stereocenters. The number of nitrogens with zero attached hydrogens (tertiary/aromatic N) is 3. The van der Waals surface area contributed by atoms with E-state index in [4.69, 9.17) is 9.47 Å². The summed E-state index contributed by atoms with van der Waals surface area (Å²) in [5.41, 5.74) is 1.64. The molecule has 0 saturated heterocycles. The van der Waals surface area contributed by atoms with Gasteiger partial charge >= 0.3 is 0 Å². The molecule has 4 rings (SSSR count). The average molecular weight is 506 g/mol. The van der Waals surface area contributed by atoms with Gasteiger partial charge in [0.15, 0.2) is 0 Å². The minimum Gasteiger partial charge on any atom is -0.497 e. The molecule has 1 aliphatic carbocycles. The van der Waals surface area contributed by atoms with E-state index in [0.717, 1.165) is 24.8 Å². The molecule has 3 atom stereocenters. The van der Waals surface area contributed by atoms with Crippen molar-refractivity contribution >= 4 is 11.8 Å². The van der Waals surface area contributed by atoms with Crippen molar-refractivity contribution in [2.75, 3.05) is 33.9 Å². The van der Waals surface area contributed by atoms with E-state index < -0.39 is 0 Å². The summed E-state index contributed by atoms with van der Waals surface area (Å²) in [6.07, 6.45) is 4.19. The van der Waals surface area contributed by atoms with E-state index in [1.807, 2.05) is 38.1 Å². The summed E-state index contributed by atoms with van der Waals surface area (Å²) < 4.78 is 11.6. The van der Waals surface area contributed by atoms with E-state index in [2.05, 4.69) is 16.8 Å². The number of amides is 2. The number of aromatic nitrogens is 1. The Kier molecular flexibility index (Phi) is 8.34. The van der Waals surface area contributed by atoms with Crippen molar-refractivity contribution in [2.45, 2.75) is 45.3 Å². The minimum atomic E-state index is -0.387. The first-order chi connectivity index (χ1) is 17.8. The Labute approximate surface area is 218 Å². The van der Waals surface area contributed by atoms with Crippen LogP contribution in [0.3, 0.4) is 0 Å². The molecule has 2 heterocycles. The summed E-state index contributed by atoms with van der Waals surface area (Å²) in [5, 5.41) is 9.86. The Balaban J connectivity index is 1.64. The third-order valence-corrected chi connectivity index (χ3v) is 7.23. The second-order valence-corrected chi connectivity index (χ2v) is 10.0. The van der Waals surface area contributed by atoms with E-state index in [-0.39, 0.29) is 48.3 Å². The number of carbonyl (C=O) groups excluding carboxylic acids is 2. The van der Waals surface area contributed by atoms with E-state index in [1.54, 1.807) is 36.2 Å². The topological polar surface area (TPSA) is 92.2 Å². The van der Waals surface area contributed by atoms with Crippen LogP contribution in [0.4, 0.5) is 0 Å². The molecule has 1 aromatic heterocycles. The Morgan fingerprint density at radius 1 is 1.30 bits per heavy atom. The normalized spacial score (nSPS) is 20.2. The first kappa shape index (κ1) is 26.5. The van der Waals surface area contributed by atoms with Crippen LogP contribution in [-0.2, 0) is 4.79 Å². The molecule has 37 heavy (non-hydrogen) atoms. The van der Waals surface area contributed by atoms with Crippen molar-refractivity contribution in [3.05, 3.63) is 53.2 Å². The summed E-state index contributed by atoms with van der Waals surface area (Å²) in [5.74, 6) is 6.96. The van der Waals surface area contributed by atoms with Gasteiger partial charge in [0.1, 0.15) is 17.4 Å². The zero-order valence-electron chi connectivity index (χ0n) is 21.9. The maximum Gasteiger partial charge on any atom is 0.259 e. The lowest BCUT2D eigenvalue weighted by atomic mass is 9.84. The van der Waals surface area contributed by atoms with Crippen LogP contribution < -0.4 is 9.47 Å². The van der Waals surface area contributed by atoms with Crippen LogP contribution in [-0.4, -0.2) is 77.7 Å². The van der Waals surface area contributed by atoms with E-state index >= 15 is 0 Å². The number of aliphatic hydroxyl groups excluding tert-OH is 1. The van der Waals surface area contributed by atoms with E-state index in [1.165, 1.54) is 0 Å². The van der Waals surface area contributed by atoms with Crippen molar-refractivity contribution in [3.8, 4) is 23.5 Å². The first-order valence-electron chi connectivity index (χ1n) is 12.8. The highest BCUT2D eigenvalue weighted by Crippen LogP contribution is 2.30. The summed E-state index contributed by atoms with van der Waals surface area (Å²) in [6.45, 7) is 4.42. The molecular weight excluding hydrogens is 470 g/mol. The number of pyridine rings is 1. The molecule has 8 heteroatoms. The average Bonchev–Trinajstić information content (AvgIpc) is 2.88. The van der Waals surface area contributed by atoms with Crippen LogP contribution in [0.15, 0.2) is 36.5 Å². The van der Waals surface area contributed by atoms with Crippen molar-refractivity contribution in [3.63, 3.8) is 0 Å². The number of aliphatic hydroxyl groups is 1. The molecule has 1 N–H and O–H groups in total. The molecule has 1 saturated carbocycles. The molecular formula is C29H35N3O5. The van der Waals surface area contributed by atoms with Crippen LogP contribution in [0.5, 0.6) is 11.6 Å². The number of hydrogen-bond donors (Lipinski definition) is 1. The lowest BCUT2D eigenvalue weighted by molar-refractivity contribution is -0.138. The Bertz CT molecular complexity index is 1200. The van der Waals surface area contributed by atoms with Crippen molar-refractivity contribution in [1.82, 2.24) is 14.8 Å². The van der Waals surface area contributed by atoms with E-state index in [9.17, 15) is 14.7 Å². The lowest BCUT2D eigenvalue weighted by Crippen LogP contribution is -2.51. The number of ether oxygens (including phenoxy) is 2. The van der Waals surface area contributed by atoms with Gasteiger partial charge in [-0.05, 0) is 44.0 Å². The number of methoxy groups -OCH3 is 1. The van der Waals surface area contributed by atoms with Crippen LogP contribution in [0.1, 0.15) is 54.6 Å². The molecule has 196 valence electrons. The molecule has 1 aliphatic heterocycles. The number of likely N-dealkylation sites (N-methyl/N-ethyl adjacent to an activating group) is 1. The zero-order chi connectivity index (χ0) is 26.5. The predicted octanol–water partition coefficient (Wildman–Crippen LogP) is 2.97. The first-order valence-corrected chi connectivity index (χ1v) is 12.8. The minimum absolute atomic E-state index is 0.0860. The molecule has 8 nitrogen and oxygen atoms in total. The van der Waals surface area contributed by atoms with Gasteiger partial charge in [-0.15, -0.1) is 0 Å². The lowest BCUT2D eigenvalue weighted by Gasteiger charge is -2.38. The third-order valence-electron chi connectivity index (χ3n) is 7.23. The highest BCUT2D eigenvalue weighted by Gasteiger charge is 2.36. The summed E-state index contributed by atoms with van der Waals surface area (Å²) in [6, 6.07) is 8.72. The maximum absolute atomic E-state index is 13.6. The molecule has 2 aromatic rings. The Morgan fingerprint density at radius 3 is 2.73 bits per heavy atom. The van der Waals surface area contributed by atoms with Gasteiger partial charge in [0.25, 0.3) is 5.91 Å². The number of carbonyl (C=O) groups is 2. The Morgan fingerprint density at radius 2 is 2.05 bits per heavy atom. The molecule has 0 radical (unpaired) electrons. The fourth-order valence-electron chi connectivity index (χ4n) is 4.56. The van der Waals surface area contributed by atoms with Crippen LogP contribution in [0.2, 0.25) is 0 Å². The van der Waals surface area contributed by atoms with Gasteiger partial charge in [0.2, 0.25) is 11.8 Å². The smallest absolute Gasteiger partial charge is 0.259 e. The third kappa shape index (κ3) is 6.05. The van der Waals surface area contributed by atoms with Gasteiger partial charge < -0.3 is 24.4 Å². The number of rotatable bonds is 6. The van der Waals surface area contributed by atoms with Gasteiger partial charge in [0.05, 0.1) is 26.3 Å².